The quantitative estimate of drug-likeness (QED) is 0.560. The van der Waals surface area contributed by atoms with Crippen LogP contribution in [0.3, 0.4) is 0 Å². The van der Waals surface area contributed by atoms with Gasteiger partial charge in [0.25, 0.3) is 0 Å². The van der Waals surface area contributed by atoms with Gasteiger partial charge in [0.05, 0.1) is 6.07 Å². The summed E-state index contributed by atoms with van der Waals surface area (Å²) in [5.41, 5.74) is 0.747. The Bertz CT molecular complexity index is 694. The first-order valence-electron chi connectivity index (χ1n) is 5.67. The zero-order chi connectivity index (χ0) is 14.7. The maximum absolute atomic E-state index is 13.0. The molecule has 0 aliphatic carbocycles. The fourth-order valence-electron chi connectivity index (χ4n) is 1.79. The van der Waals surface area contributed by atoms with Crippen LogP contribution in [0.5, 0.6) is 0 Å². The maximum atomic E-state index is 13.0. The molecule has 100 valence electrons. The van der Waals surface area contributed by atoms with Crippen LogP contribution in [0.25, 0.3) is 0 Å². The second-order valence-corrected chi connectivity index (χ2v) is 5.75. The van der Waals surface area contributed by atoms with Gasteiger partial charge in [-0.05, 0) is 52.4 Å². The van der Waals surface area contributed by atoms with Crippen LogP contribution in [-0.4, -0.2) is 5.78 Å². The third-order valence-electron chi connectivity index (χ3n) is 2.79. The number of benzene rings is 2. The summed E-state index contributed by atoms with van der Waals surface area (Å²) in [5.74, 6) is -1.89. The van der Waals surface area contributed by atoms with Crippen molar-refractivity contribution in [1.82, 2.24) is 0 Å². The highest BCUT2D eigenvalue weighted by Crippen LogP contribution is 2.28. The van der Waals surface area contributed by atoms with Crippen molar-refractivity contribution < 1.29 is 9.18 Å². The van der Waals surface area contributed by atoms with Crippen LogP contribution >= 0.6 is 34.2 Å². The molecule has 0 heterocycles. The van der Waals surface area contributed by atoms with E-state index >= 15 is 0 Å². The standard InChI is InChI=1S/C15H8ClFINO/c16-14-7-10(17)3-6-12(14)13(8-19)15(20)9-1-4-11(18)5-2-9/h1-7,13H. The molecular formula is C15H8ClFINO. The molecule has 0 aliphatic heterocycles. The predicted molar refractivity (Wildman–Crippen MR) is 83.3 cm³/mol. The fraction of sp³-hybridized carbons (Fsp3) is 0.0667. The van der Waals surface area contributed by atoms with E-state index < -0.39 is 11.7 Å². The van der Waals surface area contributed by atoms with E-state index in [-0.39, 0.29) is 10.8 Å². The number of rotatable bonds is 3. The number of carbonyl (C=O) groups is 1. The monoisotopic (exact) mass is 399 g/mol. The van der Waals surface area contributed by atoms with Gasteiger partial charge in [0.15, 0.2) is 5.78 Å². The zero-order valence-corrected chi connectivity index (χ0v) is 13.0. The Morgan fingerprint density at radius 1 is 1.25 bits per heavy atom. The van der Waals surface area contributed by atoms with Gasteiger partial charge < -0.3 is 0 Å². The third-order valence-corrected chi connectivity index (χ3v) is 3.84. The number of nitriles is 1. The highest BCUT2D eigenvalue weighted by molar-refractivity contribution is 14.1. The van der Waals surface area contributed by atoms with E-state index in [4.69, 9.17) is 11.6 Å². The van der Waals surface area contributed by atoms with E-state index in [1.807, 2.05) is 6.07 Å². The molecule has 1 unspecified atom stereocenters. The molecule has 0 spiro atoms. The van der Waals surface area contributed by atoms with Gasteiger partial charge in [0.2, 0.25) is 0 Å². The number of hydrogen-bond donors (Lipinski definition) is 0. The smallest absolute Gasteiger partial charge is 0.184 e. The first-order chi connectivity index (χ1) is 9.52. The van der Waals surface area contributed by atoms with Crippen LogP contribution in [0.1, 0.15) is 21.8 Å². The molecule has 0 aromatic heterocycles. The molecule has 2 aromatic rings. The van der Waals surface area contributed by atoms with Crippen LogP contribution in [0.4, 0.5) is 4.39 Å². The number of hydrogen-bond acceptors (Lipinski definition) is 2. The van der Waals surface area contributed by atoms with Gasteiger partial charge in [-0.15, -0.1) is 0 Å². The highest BCUT2D eigenvalue weighted by Gasteiger charge is 2.24. The summed E-state index contributed by atoms with van der Waals surface area (Å²) in [4.78, 5) is 12.3. The molecule has 0 amide bonds. The summed E-state index contributed by atoms with van der Waals surface area (Å²) in [5, 5.41) is 9.31. The molecule has 0 fully saturated rings. The highest BCUT2D eigenvalue weighted by atomic mass is 127. The van der Waals surface area contributed by atoms with Crippen LogP contribution in [0.2, 0.25) is 5.02 Å². The number of Topliss-reactive ketones (excluding diaryl/α,β-unsaturated/α-hetero) is 1. The van der Waals surface area contributed by atoms with Crippen LogP contribution < -0.4 is 0 Å². The Hall–Kier alpha value is -1.45. The van der Waals surface area contributed by atoms with Crippen molar-refractivity contribution in [1.29, 1.82) is 5.26 Å². The molecule has 0 saturated carbocycles. The summed E-state index contributed by atoms with van der Waals surface area (Å²) in [6.07, 6.45) is 0. The molecule has 5 heteroatoms. The van der Waals surface area contributed by atoms with Crippen molar-refractivity contribution >= 4 is 40.0 Å². The van der Waals surface area contributed by atoms with E-state index in [0.717, 1.165) is 9.64 Å². The maximum Gasteiger partial charge on any atom is 0.184 e. The lowest BCUT2D eigenvalue weighted by atomic mass is 9.92. The SMILES string of the molecule is N#CC(C(=O)c1ccc(I)cc1)c1ccc(F)cc1Cl. The van der Waals surface area contributed by atoms with Crippen molar-refractivity contribution in [2.24, 2.45) is 0 Å². The fourth-order valence-corrected chi connectivity index (χ4v) is 2.42. The van der Waals surface area contributed by atoms with E-state index in [1.165, 1.54) is 12.1 Å². The van der Waals surface area contributed by atoms with Crippen molar-refractivity contribution in [2.45, 2.75) is 5.92 Å². The average molecular weight is 400 g/mol. The van der Waals surface area contributed by atoms with E-state index in [1.54, 1.807) is 24.3 Å². The molecule has 1 atom stereocenters. The Kier molecular flexibility index (Phi) is 4.73. The molecule has 2 nitrogen and oxygen atoms in total. The molecule has 2 rings (SSSR count). The van der Waals surface area contributed by atoms with Crippen molar-refractivity contribution in [3.63, 3.8) is 0 Å². The normalized spacial score (nSPS) is 11.7. The first-order valence-corrected chi connectivity index (χ1v) is 7.13. The van der Waals surface area contributed by atoms with Crippen LogP contribution in [0, 0.1) is 20.7 Å². The van der Waals surface area contributed by atoms with Crippen molar-refractivity contribution in [2.75, 3.05) is 0 Å². The lowest BCUT2D eigenvalue weighted by Crippen LogP contribution is -2.12. The van der Waals surface area contributed by atoms with E-state index in [0.29, 0.717) is 11.1 Å². The minimum Gasteiger partial charge on any atom is -0.292 e. The minimum absolute atomic E-state index is 0.0791. The lowest BCUT2D eigenvalue weighted by molar-refractivity contribution is 0.0979. The van der Waals surface area contributed by atoms with Gasteiger partial charge in [-0.2, -0.15) is 5.26 Å². The minimum atomic E-state index is -1.04. The Labute approximate surface area is 134 Å². The van der Waals surface area contributed by atoms with Gasteiger partial charge in [0, 0.05) is 14.2 Å². The van der Waals surface area contributed by atoms with Gasteiger partial charge in [0.1, 0.15) is 11.7 Å². The average Bonchev–Trinajstić information content (AvgIpc) is 2.42. The second kappa shape index (κ2) is 6.33. The summed E-state index contributed by atoms with van der Waals surface area (Å²) >= 11 is 8.04. The third kappa shape index (κ3) is 3.17. The number of nitrogens with zero attached hydrogens (tertiary/aromatic N) is 1. The van der Waals surface area contributed by atoms with Crippen LogP contribution in [0.15, 0.2) is 42.5 Å². The van der Waals surface area contributed by atoms with E-state index in [9.17, 15) is 14.4 Å². The molecule has 0 aliphatic rings. The Balaban J connectivity index is 2.40. The van der Waals surface area contributed by atoms with E-state index in [2.05, 4.69) is 22.6 Å². The van der Waals surface area contributed by atoms with Gasteiger partial charge in [-0.25, -0.2) is 4.39 Å². The molecule has 0 bridgehead atoms. The van der Waals surface area contributed by atoms with Crippen LogP contribution in [-0.2, 0) is 0 Å². The molecular weight excluding hydrogens is 392 g/mol. The molecule has 0 N–H and O–H groups in total. The summed E-state index contributed by atoms with van der Waals surface area (Å²) in [6, 6.07) is 12.5. The summed E-state index contributed by atoms with van der Waals surface area (Å²) in [6.45, 7) is 0. The molecule has 0 radical (unpaired) electrons. The largest absolute Gasteiger partial charge is 0.292 e. The van der Waals surface area contributed by atoms with Crippen molar-refractivity contribution in [3.05, 3.63) is 68.0 Å². The molecule has 0 saturated heterocycles. The topological polar surface area (TPSA) is 40.9 Å². The Morgan fingerprint density at radius 2 is 1.90 bits per heavy atom. The Morgan fingerprint density at radius 3 is 2.45 bits per heavy atom. The zero-order valence-electron chi connectivity index (χ0n) is 10.1. The molecule has 20 heavy (non-hydrogen) atoms. The second-order valence-electron chi connectivity index (χ2n) is 4.10. The van der Waals surface area contributed by atoms with Gasteiger partial charge in [-0.3, -0.25) is 4.79 Å². The summed E-state index contributed by atoms with van der Waals surface area (Å²) < 4.78 is 14.0. The first kappa shape index (κ1) is 14.9. The number of halogens is 3. The number of ketones is 1. The molecule has 2 aromatic carbocycles. The number of carbonyl (C=O) groups excluding carboxylic acids is 1. The predicted octanol–water partition coefficient (Wildman–Crippen LogP) is 4.57. The van der Waals surface area contributed by atoms with Gasteiger partial charge >= 0.3 is 0 Å². The van der Waals surface area contributed by atoms with Crippen molar-refractivity contribution in [3.8, 4) is 6.07 Å². The summed E-state index contributed by atoms with van der Waals surface area (Å²) in [7, 11) is 0. The van der Waals surface area contributed by atoms with Gasteiger partial charge in [-0.1, -0.05) is 29.8 Å². The lowest BCUT2D eigenvalue weighted by Gasteiger charge is -2.10.